The second-order valence-corrected chi connectivity index (χ2v) is 10.8. The van der Waals surface area contributed by atoms with E-state index in [1.807, 2.05) is 45.0 Å². The average Bonchev–Trinajstić information content (AvgIpc) is 2.96. The number of hydrogen-bond acceptors (Lipinski definition) is 6. The summed E-state index contributed by atoms with van der Waals surface area (Å²) in [4.78, 5) is 41.9. The summed E-state index contributed by atoms with van der Waals surface area (Å²) in [5.74, 6) is -0.181. The normalized spacial score (nSPS) is 24.1. The van der Waals surface area contributed by atoms with Gasteiger partial charge in [-0.25, -0.2) is 0 Å². The van der Waals surface area contributed by atoms with Crippen molar-refractivity contribution in [2.75, 3.05) is 20.1 Å². The molecule has 2 aromatic carbocycles. The molecule has 222 valence electrons. The monoisotopic (exact) mass is 564 g/mol. The third kappa shape index (κ3) is 8.82. The van der Waals surface area contributed by atoms with Crippen molar-refractivity contribution < 1.29 is 24.2 Å². The first-order valence-corrected chi connectivity index (χ1v) is 14.4. The lowest BCUT2D eigenvalue weighted by Gasteiger charge is -2.33. The Kier molecular flexibility index (Phi) is 11.8. The Morgan fingerprint density at radius 1 is 1.12 bits per heavy atom. The number of ether oxygens (including phenoxy) is 1. The van der Waals surface area contributed by atoms with Gasteiger partial charge in [-0.2, -0.15) is 0 Å². The second-order valence-electron chi connectivity index (χ2n) is 10.8. The van der Waals surface area contributed by atoms with Gasteiger partial charge in [0.2, 0.25) is 17.7 Å². The molecule has 1 heterocycles. The Labute approximate surface area is 243 Å². The Morgan fingerprint density at radius 2 is 1.83 bits per heavy atom. The lowest BCUT2D eigenvalue weighted by atomic mass is 9.97. The van der Waals surface area contributed by atoms with Gasteiger partial charge in [-0.3, -0.25) is 14.4 Å². The molecule has 41 heavy (non-hydrogen) atoms. The smallest absolute Gasteiger partial charge is 0.247 e. The van der Waals surface area contributed by atoms with Gasteiger partial charge >= 0.3 is 0 Å². The van der Waals surface area contributed by atoms with E-state index in [-0.39, 0.29) is 36.0 Å². The van der Waals surface area contributed by atoms with Crippen molar-refractivity contribution in [3.05, 3.63) is 72.3 Å². The molecular weight excluding hydrogens is 520 g/mol. The van der Waals surface area contributed by atoms with Crippen LogP contribution in [-0.4, -0.2) is 72.1 Å². The molecule has 3 rings (SSSR count). The molecule has 3 amide bonds. The van der Waals surface area contributed by atoms with Crippen molar-refractivity contribution in [2.24, 2.45) is 5.92 Å². The van der Waals surface area contributed by atoms with E-state index in [9.17, 15) is 19.5 Å². The lowest BCUT2D eigenvalue weighted by Crippen LogP contribution is -2.58. The van der Waals surface area contributed by atoms with Gasteiger partial charge in [-0.15, -0.1) is 6.58 Å². The van der Waals surface area contributed by atoms with Crippen LogP contribution in [-0.2, 0) is 27.2 Å². The summed E-state index contributed by atoms with van der Waals surface area (Å²) in [7, 11) is 1.58. The molecule has 4 N–H and O–H groups in total. The predicted octanol–water partition coefficient (Wildman–Crippen LogP) is 2.97. The highest BCUT2D eigenvalue weighted by atomic mass is 16.5. The third-order valence-electron chi connectivity index (χ3n) is 7.59. The van der Waals surface area contributed by atoms with Crippen LogP contribution in [0.15, 0.2) is 61.2 Å². The van der Waals surface area contributed by atoms with E-state index in [1.165, 1.54) is 23.1 Å². The SMILES string of the molecule is C=C[C@@H]1C(=O)N[C@H](Cc2ccc(O)cc2)C(=O)NCCCc2ccccc2O[C@H](C)CN[C@@H](C(C)CC)C(=O)N1C. The minimum Gasteiger partial charge on any atom is -0.508 e. The number of amides is 3. The zero-order chi connectivity index (χ0) is 29.9. The number of nitrogens with one attached hydrogen (secondary N) is 3. The summed E-state index contributed by atoms with van der Waals surface area (Å²) in [5, 5.41) is 18.8. The number of hydrogen-bond donors (Lipinski definition) is 4. The molecule has 0 aromatic heterocycles. The first kappa shape index (κ1) is 31.7. The molecule has 0 radical (unpaired) electrons. The second kappa shape index (κ2) is 15.2. The van der Waals surface area contributed by atoms with Gasteiger partial charge in [0.05, 0.1) is 6.04 Å². The molecule has 0 saturated heterocycles. The van der Waals surface area contributed by atoms with Crippen molar-refractivity contribution in [2.45, 2.75) is 70.7 Å². The maximum absolute atomic E-state index is 13.7. The summed E-state index contributed by atoms with van der Waals surface area (Å²) < 4.78 is 6.26. The van der Waals surface area contributed by atoms with Crippen LogP contribution in [0, 0.1) is 5.92 Å². The van der Waals surface area contributed by atoms with E-state index in [0.717, 1.165) is 23.3 Å². The largest absolute Gasteiger partial charge is 0.508 e. The van der Waals surface area contributed by atoms with E-state index in [4.69, 9.17) is 4.74 Å². The minimum absolute atomic E-state index is 0.00317. The number of benzene rings is 2. The maximum atomic E-state index is 13.7. The standard InChI is InChI=1S/C32H44N4O5/c1-6-21(3)29-32(40)36(5)27(7-2)31(39)35-26(19-23-14-16-25(37)17-15-23)30(38)33-18-10-12-24-11-8-9-13-28(24)41-22(4)20-34-29/h7-9,11,13-17,21-22,26-27,29,34,37H,2,6,10,12,18-20H2,1,3-5H3,(H,33,38)(H,35,39)/t21?,22-,26-,27-,29+/m1/s1. The number of fused-ring (bicyclic) bond motifs is 1. The molecule has 1 unspecified atom stereocenters. The van der Waals surface area contributed by atoms with Gasteiger partial charge < -0.3 is 30.7 Å². The van der Waals surface area contributed by atoms with Crippen LogP contribution in [0.25, 0.3) is 0 Å². The van der Waals surface area contributed by atoms with Crippen LogP contribution < -0.4 is 20.7 Å². The number of rotatable bonds is 5. The third-order valence-corrected chi connectivity index (χ3v) is 7.59. The first-order chi connectivity index (χ1) is 19.6. The Bertz CT molecular complexity index is 1180. The molecule has 0 fully saturated rings. The number of nitrogens with zero attached hydrogens (tertiary/aromatic N) is 1. The van der Waals surface area contributed by atoms with Crippen molar-refractivity contribution in [3.63, 3.8) is 0 Å². The van der Waals surface area contributed by atoms with E-state index >= 15 is 0 Å². The van der Waals surface area contributed by atoms with Gasteiger partial charge in [-0.1, -0.05) is 56.7 Å². The molecule has 0 saturated carbocycles. The molecule has 9 nitrogen and oxygen atoms in total. The molecule has 9 heteroatoms. The molecule has 0 bridgehead atoms. The molecule has 1 aliphatic heterocycles. The number of carbonyl (C=O) groups excluding carboxylic acids is 3. The fraction of sp³-hybridized carbons (Fsp3) is 0.469. The minimum atomic E-state index is -0.981. The zero-order valence-electron chi connectivity index (χ0n) is 24.6. The highest BCUT2D eigenvalue weighted by molar-refractivity contribution is 5.94. The summed E-state index contributed by atoms with van der Waals surface area (Å²) in [5.41, 5.74) is 1.80. The predicted molar refractivity (Wildman–Crippen MR) is 160 cm³/mol. The molecule has 2 aromatic rings. The summed E-state index contributed by atoms with van der Waals surface area (Å²) in [6, 6.07) is 11.9. The van der Waals surface area contributed by atoms with Gasteiger partial charge in [0.1, 0.15) is 29.7 Å². The summed E-state index contributed by atoms with van der Waals surface area (Å²) in [6.45, 7) is 10.6. The summed E-state index contributed by atoms with van der Waals surface area (Å²) in [6.07, 6.45) is 3.56. The van der Waals surface area contributed by atoms with Crippen molar-refractivity contribution in [3.8, 4) is 11.5 Å². The number of phenolic OH excluding ortho intramolecular Hbond substituents is 1. The lowest BCUT2D eigenvalue weighted by molar-refractivity contribution is -0.140. The molecular formula is C32H44N4O5. The quantitative estimate of drug-likeness (QED) is 0.415. The van der Waals surface area contributed by atoms with Crippen LogP contribution in [0.2, 0.25) is 0 Å². The molecule has 0 aliphatic carbocycles. The van der Waals surface area contributed by atoms with Crippen LogP contribution in [0.5, 0.6) is 11.5 Å². The Morgan fingerprint density at radius 3 is 2.51 bits per heavy atom. The average molecular weight is 565 g/mol. The van der Waals surface area contributed by atoms with Gasteiger partial charge in [0.15, 0.2) is 0 Å². The number of phenols is 1. The van der Waals surface area contributed by atoms with E-state index in [0.29, 0.717) is 25.9 Å². The van der Waals surface area contributed by atoms with Crippen LogP contribution >= 0.6 is 0 Å². The molecule has 5 atom stereocenters. The van der Waals surface area contributed by atoms with E-state index < -0.39 is 24.0 Å². The number of likely N-dealkylation sites (N-methyl/N-ethyl adjacent to an activating group) is 1. The van der Waals surface area contributed by atoms with Gasteiger partial charge in [-0.05, 0) is 55.0 Å². The first-order valence-electron chi connectivity index (χ1n) is 14.4. The number of para-hydroxylation sites is 1. The number of aryl methyl sites for hydroxylation is 1. The van der Waals surface area contributed by atoms with Crippen molar-refractivity contribution in [1.82, 2.24) is 20.9 Å². The van der Waals surface area contributed by atoms with Crippen LogP contribution in [0.1, 0.15) is 44.7 Å². The topological polar surface area (TPSA) is 120 Å². The van der Waals surface area contributed by atoms with E-state index in [2.05, 4.69) is 22.5 Å². The molecule has 1 aliphatic rings. The van der Waals surface area contributed by atoms with Crippen molar-refractivity contribution in [1.29, 1.82) is 0 Å². The number of aromatic hydroxyl groups is 1. The fourth-order valence-electron chi connectivity index (χ4n) is 4.89. The van der Waals surface area contributed by atoms with Crippen molar-refractivity contribution >= 4 is 17.7 Å². The highest BCUT2D eigenvalue weighted by Gasteiger charge is 2.34. The number of carbonyl (C=O) groups is 3. The van der Waals surface area contributed by atoms with Gasteiger partial charge in [0.25, 0.3) is 0 Å². The highest BCUT2D eigenvalue weighted by Crippen LogP contribution is 2.21. The van der Waals surface area contributed by atoms with Gasteiger partial charge in [0, 0.05) is 26.6 Å². The fourth-order valence-corrected chi connectivity index (χ4v) is 4.89. The molecule has 0 spiro atoms. The zero-order valence-corrected chi connectivity index (χ0v) is 24.6. The summed E-state index contributed by atoms with van der Waals surface area (Å²) >= 11 is 0. The Hall–Kier alpha value is -3.85. The Balaban J connectivity index is 1.92. The van der Waals surface area contributed by atoms with Crippen LogP contribution in [0.4, 0.5) is 0 Å². The van der Waals surface area contributed by atoms with E-state index in [1.54, 1.807) is 19.2 Å². The maximum Gasteiger partial charge on any atom is 0.247 e. The van der Waals surface area contributed by atoms with Crippen LogP contribution in [0.3, 0.4) is 0 Å².